The van der Waals surface area contributed by atoms with E-state index in [1.807, 2.05) is 0 Å². The smallest absolute Gasteiger partial charge is 0.220 e. The van der Waals surface area contributed by atoms with Gasteiger partial charge in [0.15, 0.2) is 11.5 Å². The Hall–Kier alpha value is -2.60. The van der Waals surface area contributed by atoms with Crippen molar-refractivity contribution < 1.29 is 19.4 Å². The van der Waals surface area contributed by atoms with Crippen molar-refractivity contribution in [2.45, 2.75) is 0 Å². The van der Waals surface area contributed by atoms with Crippen molar-refractivity contribution in [2.24, 2.45) is 0 Å². The zero-order valence-electron chi connectivity index (χ0n) is 13.1. The van der Waals surface area contributed by atoms with Crippen molar-refractivity contribution in [1.29, 1.82) is 0 Å². The average Bonchev–Trinajstić information content (AvgIpc) is 2.72. The lowest BCUT2D eigenvalue weighted by Gasteiger charge is -2.07. The molecule has 2 aromatic rings. The summed E-state index contributed by atoms with van der Waals surface area (Å²) in [5.74, 6) is 0.0753. The van der Waals surface area contributed by atoms with Crippen LogP contribution in [0.25, 0.3) is 6.08 Å². The molecule has 5 nitrogen and oxygen atoms in total. The highest BCUT2D eigenvalue weighted by Crippen LogP contribution is 2.26. The summed E-state index contributed by atoms with van der Waals surface area (Å²) < 4.78 is 10.9. The lowest BCUT2D eigenvalue weighted by Crippen LogP contribution is -2.01. The maximum atomic E-state index is 12.3. The van der Waals surface area contributed by atoms with Crippen LogP contribution >= 0.6 is 15.9 Å². The standard InChI is InChI=1S/C18H15BrO5/c1-23-13-6-3-11(17(10-13)24-2)4-7-15(20)14-9-12(19)5-8-16(21)18(14)22/h3-10H,1-2H3,(H,21,22)/b7-4+. The van der Waals surface area contributed by atoms with Crippen LogP contribution in [0.2, 0.25) is 0 Å². The largest absolute Gasteiger partial charge is 0.504 e. The Morgan fingerprint density at radius 3 is 2.54 bits per heavy atom. The van der Waals surface area contributed by atoms with E-state index in [1.54, 1.807) is 31.4 Å². The van der Waals surface area contributed by atoms with E-state index in [9.17, 15) is 14.7 Å². The van der Waals surface area contributed by atoms with Gasteiger partial charge in [-0.1, -0.05) is 15.9 Å². The molecule has 6 heteroatoms. The summed E-state index contributed by atoms with van der Waals surface area (Å²) in [6, 6.07) is 9.22. The minimum Gasteiger partial charge on any atom is -0.504 e. The van der Waals surface area contributed by atoms with Crippen LogP contribution in [0.1, 0.15) is 15.9 Å². The minimum absolute atomic E-state index is 0.0828. The van der Waals surface area contributed by atoms with Gasteiger partial charge in [0.1, 0.15) is 11.5 Å². The van der Waals surface area contributed by atoms with E-state index in [0.717, 1.165) is 0 Å². The topological polar surface area (TPSA) is 72.8 Å². The predicted molar refractivity (Wildman–Crippen MR) is 95.0 cm³/mol. The summed E-state index contributed by atoms with van der Waals surface area (Å²) in [5, 5.41) is 9.89. The Kier molecular flexibility index (Phi) is 5.76. The van der Waals surface area contributed by atoms with Crippen molar-refractivity contribution in [3.63, 3.8) is 0 Å². The molecule has 0 saturated carbocycles. The van der Waals surface area contributed by atoms with Crippen LogP contribution in [-0.4, -0.2) is 25.1 Å². The molecule has 2 aromatic carbocycles. The highest BCUT2D eigenvalue weighted by atomic mass is 79.9. The molecule has 0 aliphatic carbocycles. The molecule has 0 unspecified atom stereocenters. The fraction of sp³-hybridized carbons (Fsp3) is 0.111. The quantitative estimate of drug-likeness (QED) is 0.625. The zero-order chi connectivity index (χ0) is 17.7. The Labute approximate surface area is 147 Å². The molecule has 0 aliphatic heterocycles. The molecule has 24 heavy (non-hydrogen) atoms. The van der Waals surface area contributed by atoms with Gasteiger partial charge in [0.05, 0.1) is 19.8 Å². The molecule has 0 spiro atoms. The van der Waals surface area contributed by atoms with E-state index in [1.165, 1.54) is 31.4 Å². The fourth-order valence-corrected chi connectivity index (χ4v) is 2.38. The van der Waals surface area contributed by atoms with Crippen molar-refractivity contribution in [1.82, 2.24) is 0 Å². The first-order valence-corrected chi connectivity index (χ1v) is 7.73. The number of rotatable bonds is 5. The second kappa shape index (κ2) is 7.79. The summed E-state index contributed by atoms with van der Waals surface area (Å²) in [5.41, 5.74) is -0.0482. The van der Waals surface area contributed by atoms with Gasteiger partial charge in [-0.2, -0.15) is 0 Å². The normalized spacial score (nSPS) is 10.6. The summed E-state index contributed by atoms with van der Waals surface area (Å²) in [7, 11) is 3.06. The molecule has 124 valence electrons. The molecular weight excluding hydrogens is 376 g/mol. The molecule has 1 N–H and O–H groups in total. The van der Waals surface area contributed by atoms with E-state index in [4.69, 9.17) is 9.47 Å². The van der Waals surface area contributed by atoms with Crippen molar-refractivity contribution >= 4 is 27.8 Å². The van der Waals surface area contributed by atoms with Crippen LogP contribution in [0.5, 0.6) is 17.2 Å². The monoisotopic (exact) mass is 390 g/mol. The summed E-state index contributed by atoms with van der Waals surface area (Å²) >= 11 is 3.20. The van der Waals surface area contributed by atoms with Gasteiger partial charge in [0.2, 0.25) is 5.43 Å². The van der Waals surface area contributed by atoms with Crippen LogP contribution in [-0.2, 0) is 0 Å². The summed E-state index contributed by atoms with van der Waals surface area (Å²) in [4.78, 5) is 24.0. The molecule has 2 rings (SSSR count). The van der Waals surface area contributed by atoms with Crippen molar-refractivity contribution in [3.8, 4) is 17.2 Å². The molecule has 0 radical (unpaired) electrons. The zero-order valence-corrected chi connectivity index (χ0v) is 14.7. The van der Waals surface area contributed by atoms with Gasteiger partial charge in [-0.25, -0.2) is 0 Å². The Morgan fingerprint density at radius 2 is 1.88 bits per heavy atom. The first-order valence-electron chi connectivity index (χ1n) is 6.93. The number of ether oxygens (including phenoxy) is 2. The molecule has 0 aromatic heterocycles. The van der Waals surface area contributed by atoms with Gasteiger partial charge in [-0.15, -0.1) is 0 Å². The molecule has 0 aliphatic rings. The first-order chi connectivity index (χ1) is 11.5. The van der Waals surface area contributed by atoms with E-state index in [0.29, 0.717) is 21.5 Å². The maximum Gasteiger partial charge on any atom is 0.220 e. The molecule has 0 bridgehead atoms. The fourth-order valence-electron chi connectivity index (χ4n) is 2.02. The molecule has 0 atom stereocenters. The third-order valence-corrected chi connectivity index (χ3v) is 3.78. The van der Waals surface area contributed by atoms with Crippen LogP contribution < -0.4 is 14.9 Å². The van der Waals surface area contributed by atoms with E-state index in [2.05, 4.69) is 15.9 Å². The molecule has 0 fully saturated rings. The number of ketones is 1. The second-order valence-electron chi connectivity index (χ2n) is 4.79. The van der Waals surface area contributed by atoms with E-state index < -0.39 is 17.0 Å². The Balaban J connectivity index is 2.39. The lowest BCUT2D eigenvalue weighted by atomic mass is 10.1. The molecule has 0 saturated heterocycles. The van der Waals surface area contributed by atoms with Gasteiger partial charge in [-0.05, 0) is 42.5 Å². The number of aromatic hydroxyl groups is 1. The number of hydrogen-bond acceptors (Lipinski definition) is 5. The number of hydrogen-bond donors (Lipinski definition) is 1. The molecule has 0 amide bonds. The number of carbonyl (C=O) groups excluding carboxylic acids is 1. The van der Waals surface area contributed by atoms with Gasteiger partial charge in [0.25, 0.3) is 0 Å². The van der Waals surface area contributed by atoms with Gasteiger partial charge in [0, 0.05) is 16.1 Å². The Bertz CT molecular complexity index is 858. The second-order valence-corrected chi connectivity index (χ2v) is 5.71. The van der Waals surface area contributed by atoms with E-state index >= 15 is 0 Å². The summed E-state index contributed by atoms with van der Waals surface area (Å²) in [6.07, 6.45) is 2.82. The molecule has 0 heterocycles. The van der Waals surface area contributed by atoms with Gasteiger partial charge >= 0.3 is 0 Å². The van der Waals surface area contributed by atoms with Crippen molar-refractivity contribution in [3.05, 3.63) is 68.3 Å². The van der Waals surface area contributed by atoms with Crippen molar-refractivity contribution in [2.75, 3.05) is 14.2 Å². The minimum atomic E-state index is -0.625. The van der Waals surface area contributed by atoms with Crippen LogP contribution in [0.4, 0.5) is 0 Å². The van der Waals surface area contributed by atoms with Crippen LogP contribution in [0.3, 0.4) is 0 Å². The highest BCUT2D eigenvalue weighted by Gasteiger charge is 2.11. The third kappa shape index (κ3) is 4.02. The van der Waals surface area contributed by atoms with Gasteiger partial charge < -0.3 is 14.6 Å². The number of carbonyl (C=O) groups is 1. The van der Waals surface area contributed by atoms with Crippen LogP contribution in [0, 0.1) is 0 Å². The molecular formula is C18H15BrO5. The van der Waals surface area contributed by atoms with Crippen LogP contribution in [0.15, 0.2) is 51.7 Å². The average molecular weight is 391 g/mol. The number of benzene rings is 1. The SMILES string of the molecule is COc1ccc(/C=C/C(=O)c2cc(Br)ccc(=O)c2O)c(OC)c1. The number of halogens is 1. The highest BCUT2D eigenvalue weighted by molar-refractivity contribution is 9.10. The Morgan fingerprint density at radius 1 is 1.12 bits per heavy atom. The first kappa shape index (κ1) is 17.7. The van der Waals surface area contributed by atoms with Gasteiger partial charge in [-0.3, -0.25) is 9.59 Å². The summed E-state index contributed by atoms with van der Waals surface area (Å²) in [6.45, 7) is 0. The number of allylic oxidation sites excluding steroid dienone is 1. The number of methoxy groups -OCH3 is 2. The lowest BCUT2D eigenvalue weighted by molar-refractivity contribution is 0.104. The predicted octanol–water partition coefficient (Wildman–Crippen LogP) is 3.43. The third-order valence-electron chi connectivity index (χ3n) is 3.29. The maximum absolute atomic E-state index is 12.3. The van der Waals surface area contributed by atoms with E-state index in [-0.39, 0.29) is 5.56 Å².